The van der Waals surface area contributed by atoms with Gasteiger partial charge in [-0.3, -0.25) is 14.4 Å². The van der Waals surface area contributed by atoms with Crippen molar-refractivity contribution in [3.05, 3.63) is 71.8 Å². The Morgan fingerprint density at radius 2 is 1.44 bits per heavy atom. The molecule has 0 aliphatic heterocycles. The van der Waals surface area contributed by atoms with Crippen molar-refractivity contribution in [2.45, 2.75) is 32.2 Å². The number of ether oxygens (including phenoxy) is 1. The van der Waals surface area contributed by atoms with E-state index in [-0.39, 0.29) is 43.3 Å². The molecule has 0 aliphatic rings. The second-order valence-electron chi connectivity index (χ2n) is 7.54. The number of carbonyl (C=O) groups excluding carboxylic acids is 3. The number of rotatable bonds is 15. The van der Waals surface area contributed by atoms with Crippen molar-refractivity contribution in [3.8, 4) is 0 Å². The molecule has 182 valence electrons. The number of nitrogens with one attached hydrogen (secondary N) is 1. The fraction of sp³-hybridized carbons (Fsp3) is 0.360. The maximum absolute atomic E-state index is 12.5. The van der Waals surface area contributed by atoms with Crippen LogP contribution < -0.4 is 5.32 Å². The van der Waals surface area contributed by atoms with Crippen molar-refractivity contribution in [2.24, 2.45) is 5.92 Å². The third-order valence-electron chi connectivity index (χ3n) is 4.77. The van der Waals surface area contributed by atoms with E-state index < -0.39 is 23.9 Å². The summed E-state index contributed by atoms with van der Waals surface area (Å²) in [4.78, 5) is 48.6. The van der Waals surface area contributed by atoms with Gasteiger partial charge in [0.15, 0.2) is 0 Å². The van der Waals surface area contributed by atoms with Crippen LogP contribution in [0.1, 0.15) is 24.5 Å². The minimum Gasteiger partial charge on any atom is -0.480 e. The molecule has 0 aromatic heterocycles. The highest BCUT2D eigenvalue weighted by molar-refractivity contribution is 8.76. The van der Waals surface area contributed by atoms with Gasteiger partial charge in [0.25, 0.3) is 0 Å². The van der Waals surface area contributed by atoms with Crippen LogP contribution in [0, 0.1) is 5.92 Å². The summed E-state index contributed by atoms with van der Waals surface area (Å²) in [6.45, 7) is 1.92. The van der Waals surface area contributed by atoms with Crippen molar-refractivity contribution in [2.75, 3.05) is 18.1 Å². The van der Waals surface area contributed by atoms with Gasteiger partial charge in [-0.1, -0.05) is 82.3 Å². The number of benzene rings is 2. The minimum absolute atomic E-state index is 0.0530. The molecule has 2 unspecified atom stereocenters. The molecule has 2 atom stereocenters. The Bertz CT molecular complexity index is 939. The van der Waals surface area contributed by atoms with Crippen LogP contribution >= 0.6 is 21.6 Å². The number of ketones is 1. The van der Waals surface area contributed by atoms with Crippen LogP contribution in [0.2, 0.25) is 0 Å². The molecule has 0 bridgehead atoms. The van der Waals surface area contributed by atoms with Crippen LogP contribution in [0.3, 0.4) is 0 Å². The molecule has 0 spiro atoms. The molecule has 0 saturated carbocycles. The van der Waals surface area contributed by atoms with E-state index >= 15 is 0 Å². The average Bonchev–Trinajstić information content (AvgIpc) is 2.81. The van der Waals surface area contributed by atoms with E-state index in [9.17, 15) is 24.3 Å². The topological polar surface area (TPSA) is 110 Å². The number of esters is 1. The van der Waals surface area contributed by atoms with Crippen LogP contribution in [-0.4, -0.2) is 52.9 Å². The predicted molar refractivity (Wildman–Crippen MR) is 135 cm³/mol. The Kier molecular flexibility index (Phi) is 12.3. The Labute approximate surface area is 207 Å². The van der Waals surface area contributed by atoms with Crippen molar-refractivity contribution in [1.29, 1.82) is 0 Å². The van der Waals surface area contributed by atoms with Gasteiger partial charge in [-0.25, -0.2) is 4.79 Å². The first kappa shape index (κ1) is 27.5. The third-order valence-corrected chi connectivity index (χ3v) is 7.26. The van der Waals surface area contributed by atoms with Gasteiger partial charge in [0.1, 0.15) is 11.8 Å². The lowest BCUT2D eigenvalue weighted by molar-refractivity contribution is -0.148. The van der Waals surface area contributed by atoms with E-state index in [0.717, 1.165) is 11.1 Å². The fourth-order valence-corrected chi connectivity index (χ4v) is 5.54. The molecule has 0 fully saturated rings. The monoisotopic (exact) mass is 503 g/mol. The van der Waals surface area contributed by atoms with Crippen molar-refractivity contribution in [1.82, 2.24) is 5.32 Å². The summed E-state index contributed by atoms with van der Waals surface area (Å²) in [6.07, 6.45) is 0.386. The van der Waals surface area contributed by atoms with Crippen LogP contribution in [-0.2, 0) is 36.8 Å². The second-order valence-corrected chi connectivity index (χ2v) is 10.1. The number of amides is 1. The normalized spacial score (nSPS) is 12.4. The number of carboxylic acid groups (broad SMARTS) is 1. The maximum atomic E-state index is 12.5. The van der Waals surface area contributed by atoms with Gasteiger partial charge in [-0.05, 0) is 18.1 Å². The first-order valence-corrected chi connectivity index (χ1v) is 13.4. The summed E-state index contributed by atoms with van der Waals surface area (Å²) < 4.78 is 5.12. The van der Waals surface area contributed by atoms with E-state index in [1.54, 1.807) is 19.1 Å². The number of carboxylic acids is 1. The Balaban J connectivity index is 1.83. The summed E-state index contributed by atoms with van der Waals surface area (Å²) in [7, 11) is 2.52. The zero-order chi connectivity index (χ0) is 24.8. The van der Waals surface area contributed by atoms with Crippen molar-refractivity contribution >= 4 is 45.2 Å². The number of Topliss-reactive ketones (excluding diaryl/α,β-unsaturated/α-hetero) is 1. The molecule has 34 heavy (non-hydrogen) atoms. The zero-order valence-corrected chi connectivity index (χ0v) is 20.6. The fourth-order valence-electron chi connectivity index (χ4n) is 3.09. The van der Waals surface area contributed by atoms with E-state index in [0.29, 0.717) is 5.75 Å². The van der Waals surface area contributed by atoms with E-state index in [2.05, 4.69) is 5.32 Å². The molecule has 0 saturated heterocycles. The molecule has 2 aromatic carbocycles. The lowest BCUT2D eigenvalue weighted by Crippen LogP contribution is -2.43. The highest BCUT2D eigenvalue weighted by Gasteiger charge is 2.25. The molecule has 2 aromatic rings. The van der Waals surface area contributed by atoms with Gasteiger partial charge in [-0.2, -0.15) is 0 Å². The average molecular weight is 504 g/mol. The highest BCUT2D eigenvalue weighted by atomic mass is 33.1. The van der Waals surface area contributed by atoms with Crippen molar-refractivity contribution < 1.29 is 29.0 Å². The Morgan fingerprint density at radius 1 is 0.882 bits per heavy atom. The molecule has 0 radical (unpaired) electrons. The molecule has 1 amide bonds. The highest BCUT2D eigenvalue weighted by Crippen LogP contribution is 2.27. The van der Waals surface area contributed by atoms with E-state index in [1.807, 2.05) is 48.5 Å². The van der Waals surface area contributed by atoms with Crippen LogP contribution in [0.5, 0.6) is 0 Å². The zero-order valence-electron chi connectivity index (χ0n) is 19.0. The lowest BCUT2D eigenvalue weighted by atomic mass is 10.00. The smallest absolute Gasteiger partial charge is 0.327 e. The Hall–Kier alpha value is -2.78. The van der Waals surface area contributed by atoms with Crippen LogP contribution in [0.4, 0.5) is 0 Å². The molecular weight excluding hydrogens is 474 g/mol. The van der Waals surface area contributed by atoms with Gasteiger partial charge in [-0.15, -0.1) is 0 Å². The standard InChI is InChI=1S/C25H29NO6S2/c1-2-32-25(31)20(15-21(27)13-18-9-5-3-6-10-18)16-33-34-17-22(24(29)30)26-23(28)14-19-11-7-4-8-12-19/h3-12,20,22H,2,13-17H2,1H3,(H,26,28)(H,29,30). The summed E-state index contributed by atoms with van der Waals surface area (Å²) in [6, 6.07) is 17.3. The number of carbonyl (C=O) groups is 4. The molecule has 7 nitrogen and oxygen atoms in total. The largest absolute Gasteiger partial charge is 0.480 e. The summed E-state index contributed by atoms with van der Waals surface area (Å²) in [5, 5.41) is 12.0. The van der Waals surface area contributed by atoms with Crippen molar-refractivity contribution in [3.63, 3.8) is 0 Å². The van der Waals surface area contributed by atoms with E-state index in [1.165, 1.54) is 21.6 Å². The van der Waals surface area contributed by atoms with Gasteiger partial charge in [0.2, 0.25) is 5.91 Å². The van der Waals surface area contributed by atoms with Crippen LogP contribution in [0.15, 0.2) is 60.7 Å². The molecule has 2 N–H and O–H groups in total. The third kappa shape index (κ3) is 10.4. The van der Waals surface area contributed by atoms with Gasteiger partial charge >= 0.3 is 11.9 Å². The van der Waals surface area contributed by atoms with Crippen LogP contribution in [0.25, 0.3) is 0 Å². The molecule has 2 rings (SSSR count). The summed E-state index contributed by atoms with van der Waals surface area (Å²) in [5.74, 6) is -2.21. The van der Waals surface area contributed by atoms with Gasteiger partial charge in [0, 0.05) is 24.3 Å². The first-order chi connectivity index (χ1) is 16.4. The van der Waals surface area contributed by atoms with Gasteiger partial charge in [0.05, 0.1) is 18.9 Å². The first-order valence-electron chi connectivity index (χ1n) is 10.9. The Morgan fingerprint density at radius 3 is 2.00 bits per heavy atom. The maximum Gasteiger partial charge on any atom is 0.327 e. The summed E-state index contributed by atoms with van der Waals surface area (Å²) >= 11 is 0. The second kappa shape index (κ2) is 15.2. The number of hydrogen-bond acceptors (Lipinski definition) is 7. The molecular formula is C25H29NO6S2. The molecule has 0 aliphatic carbocycles. The number of hydrogen-bond donors (Lipinski definition) is 2. The summed E-state index contributed by atoms with van der Waals surface area (Å²) in [5.41, 5.74) is 1.68. The van der Waals surface area contributed by atoms with Gasteiger partial charge < -0.3 is 15.2 Å². The number of aliphatic carboxylic acids is 1. The lowest BCUT2D eigenvalue weighted by Gasteiger charge is -2.16. The molecule has 0 heterocycles. The SMILES string of the molecule is CCOC(=O)C(CSSCC(NC(=O)Cc1ccccc1)C(=O)O)CC(=O)Cc1ccccc1. The quantitative estimate of drug-likeness (QED) is 0.216. The minimum atomic E-state index is -1.13. The van der Waals surface area contributed by atoms with E-state index in [4.69, 9.17) is 4.74 Å². The molecule has 9 heteroatoms. The predicted octanol–water partition coefficient (Wildman–Crippen LogP) is 3.56.